The first-order valence-electron chi connectivity index (χ1n) is 8.92. The summed E-state index contributed by atoms with van der Waals surface area (Å²) in [5, 5.41) is 2.92. The molecule has 0 heterocycles. The van der Waals surface area contributed by atoms with Crippen molar-refractivity contribution in [2.24, 2.45) is 0 Å². The molecule has 1 N–H and O–H groups in total. The Hall–Kier alpha value is -3.00. The number of amides is 1. The van der Waals surface area contributed by atoms with Crippen molar-refractivity contribution in [2.75, 3.05) is 31.3 Å². The molecule has 0 aromatic heterocycles. The number of hydrogen-bond donors (Lipinski definition) is 1. The summed E-state index contributed by atoms with van der Waals surface area (Å²) < 4.78 is 35.6. The molecular weight excluding hydrogens is 392 g/mol. The average molecular weight is 419 g/mol. The highest BCUT2D eigenvalue weighted by molar-refractivity contribution is 7.92. The van der Waals surface area contributed by atoms with E-state index < -0.39 is 10.0 Å². The number of ether oxygens (including phenoxy) is 2. The first kappa shape index (κ1) is 22.3. The highest BCUT2D eigenvalue weighted by Crippen LogP contribution is 2.30. The van der Waals surface area contributed by atoms with Gasteiger partial charge in [-0.3, -0.25) is 9.10 Å². The molecule has 0 aliphatic heterocycles. The van der Waals surface area contributed by atoms with E-state index in [2.05, 4.69) is 11.9 Å². The first-order chi connectivity index (χ1) is 13.7. The number of carbonyl (C=O) groups is 1. The van der Waals surface area contributed by atoms with E-state index in [0.29, 0.717) is 22.7 Å². The fraction of sp³-hybridized carbons (Fsp3) is 0.286. The number of methoxy groups -OCH3 is 2. The number of anilines is 1. The van der Waals surface area contributed by atoms with Gasteiger partial charge < -0.3 is 14.8 Å². The van der Waals surface area contributed by atoms with Gasteiger partial charge in [-0.15, -0.1) is 6.58 Å². The number of benzene rings is 2. The van der Waals surface area contributed by atoms with Crippen molar-refractivity contribution in [2.45, 2.75) is 13.0 Å². The Morgan fingerprint density at radius 2 is 1.76 bits per heavy atom. The fourth-order valence-electron chi connectivity index (χ4n) is 2.81. The van der Waals surface area contributed by atoms with Crippen molar-refractivity contribution < 1.29 is 22.7 Å². The molecule has 0 fully saturated rings. The number of rotatable bonds is 9. The van der Waals surface area contributed by atoms with Gasteiger partial charge in [-0.2, -0.15) is 0 Å². The molecule has 0 saturated heterocycles. The number of nitrogens with zero attached hydrogens (tertiary/aromatic N) is 1. The second-order valence-corrected chi connectivity index (χ2v) is 8.35. The summed E-state index contributed by atoms with van der Waals surface area (Å²) in [5.74, 6) is 0.923. The van der Waals surface area contributed by atoms with Crippen LogP contribution in [0.15, 0.2) is 55.1 Å². The lowest BCUT2D eigenvalue weighted by atomic mass is 10.1. The smallest absolute Gasteiger partial charge is 0.251 e. The van der Waals surface area contributed by atoms with Crippen LogP contribution in [0.25, 0.3) is 0 Å². The van der Waals surface area contributed by atoms with E-state index in [0.717, 1.165) is 11.8 Å². The summed E-state index contributed by atoms with van der Waals surface area (Å²) in [4.78, 5) is 12.6. The van der Waals surface area contributed by atoms with Crippen molar-refractivity contribution >= 4 is 21.6 Å². The van der Waals surface area contributed by atoms with Crippen molar-refractivity contribution in [1.82, 2.24) is 5.32 Å². The van der Waals surface area contributed by atoms with Gasteiger partial charge in [0, 0.05) is 5.56 Å². The third-order valence-corrected chi connectivity index (χ3v) is 5.53. The van der Waals surface area contributed by atoms with Gasteiger partial charge in [-0.1, -0.05) is 12.1 Å². The summed E-state index contributed by atoms with van der Waals surface area (Å²) in [6, 6.07) is 11.6. The standard InChI is InChI=1S/C21H26N2O5S/c1-6-13-23(29(5,25)26)18-10-7-16(8-11-18)21(24)22-15(2)17-9-12-19(27-3)20(14-17)28-4/h6-12,14-15H,1,13H2,2-5H3,(H,22,24)/t15-/m1/s1. The Kier molecular flexibility index (Phi) is 7.28. The monoisotopic (exact) mass is 418 g/mol. The van der Waals surface area contributed by atoms with Crippen LogP contribution in [0.1, 0.15) is 28.9 Å². The van der Waals surface area contributed by atoms with Crippen LogP contribution >= 0.6 is 0 Å². The van der Waals surface area contributed by atoms with Gasteiger partial charge in [0.05, 0.1) is 38.7 Å². The summed E-state index contributed by atoms with van der Waals surface area (Å²) in [7, 11) is -0.325. The lowest BCUT2D eigenvalue weighted by Crippen LogP contribution is -2.30. The van der Waals surface area contributed by atoms with Crippen LogP contribution in [-0.2, 0) is 10.0 Å². The second kappa shape index (κ2) is 9.47. The highest BCUT2D eigenvalue weighted by Gasteiger charge is 2.17. The summed E-state index contributed by atoms with van der Waals surface area (Å²) in [6.45, 7) is 5.60. The second-order valence-electron chi connectivity index (χ2n) is 6.44. The van der Waals surface area contributed by atoms with Crippen LogP contribution in [0.3, 0.4) is 0 Å². The van der Waals surface area contributed by atoms with E-state index in [-0.39, 0.29) is 18.5 Å². The Balaban J connectivity index is 2.15. The van der Waals surface area contributed by atoms with Gasteiger partial charge in [0.2, 0.25) is 10.0 Å². The normalized spacial score (nSPS) is 12.0. The molecular formula is C21H26N2O5S. The maximum absolute atomic E-state index is 12.6. The van der Waals surface area contributed by atoms with E-state index in [1.165, 1.54) is 10.4 Å². The number of carbonyl (C=O) groups excluding carboxylic acids is 1. The largest absolute Gasteiger partial charge is 0.493 e. The fourth-order valence-corrected chi connectivity index (χ4v) is 3.69. The van der Waals surface area contributed by atoms with Crippen molar-refractivity contribution in [3.8, 4) is 11.5 Å². The molecule has 0 unspecified atom stereocenters. The molecule has 2 aromatic carbocycles. The van der Waals surface area contributed by atoms with Gasteiger partial charge in [0.1, 0.15) is 0 Å². The zero-order valence-corrected chi connectivity index (χ0v) is 17.8. The zero-order chi connectivity index (χ0) is 21.6. The SMILES string of the molecule is C=CCN(c1ccc(C(=O)N[C@H](C)c2ccc(OC)c(OC)c2)cc1)S(C)(=O)=O. The molecule has 0 spiro atoms. The van der Waals surface area contributed by atoms with E-state index >= 15 is 0 Å². The Bertz CT molecular complexity index is 971. The van der Waals surface area contributed by atoms with Crippen molar-refractivity contribution in [3.63, 3.8) is 0 Å². The molecule has 0 aliphatic carbocycles. The molecule has 0 saturated carbocycles. The highest BCUT2D eigenvalue weighted by atomic mass is 32.2. The van der Waals surface area contributed by atoms with Gasteiger partial charge in [0.15, 0.2) is 11.5 Å². The lowest BCUT2D eigenvalue weighted by Gasteiger charge is -2.21. The Labute approximate surface area is 172 Å². The first-order valence-corrected chi connectivity index (χ1v) is 10.8. The van der Waals surface area contributed by atoms with Gasteiger partial charge in [-0.25, -0.2) is 8.42 Å². The van der Waals surface area contributed by atoms with Gasteiger partial charge in [0.25, 0.3) is 5.91 Å². The summed E-state index contributed by atoms with van der Waals surface area (Å²) in [5.41, 5.74) is 1.76. The molecule has 7 nitrogen and oxygen atoms in total. The molecule has 8 heteroatoms. The Morgan fingerprint density at radius 1 is 1.14 bits per heavy atom. The predicted octanol–water partition coefficient (Wildman–Crippen LogP) is 3.15. The maximum Gasteiger partial charge on any atom is 0.251 e. The lowest BCUT2D eigenvalue weighted by molar-refractivity contribution is 0.0940. The molecule has 0 aliphatic rings. The molecule has 29 heavy (non-hydrogen) atoms. The molecule has 156 valence electrons. The molecule has 1 atom stereocenters. The van der Waals surface area contributed by atoms with E-state index in [9.17, 15) is 13.2 Å². The van der Waals surface area contributed by atoms with Crippen LogP contribution < -0.4 is 19.1 Å². The van der Waals surface area contributed by atoms with Crippen LogP contribution in [0.4, 0.5) is 5.69 Å². The van der Waals surface area contributed by atoms with Crippen molar-refractivity contribution in [3.05, 3.63) is 66.2 Å². The molecule has 0 radical (unpaired) electrons. The Morgan fingerprint density at radius 3 is 2.28 bits per heavy atom. The van der Waals surface area contributed by atoms with Crippen molar-refractivity contribution in [1.29, 1.82) is 0 Å². The number of nitrogens with one attached hydrogen (secondary N) is 1. The quantitative estimate of drug-likeness (QED) is 0.633. The molecule has 0 bridgehead atoms. The average Bonchev–Trinajstić information content (AvgIpc) is 2.70. The molecule has 1 amide bonds. The van der Waals surface area contributed by atoms with Crippen LogP contribution in [0.2, 0.25) is 0 Å². The van der Waals surface area contributed by atoms with Gasteiger partial charge >= 0.3 is 0 Å². The summed E-state index contributed by atoms with van der Waals surface area (Å²) >= 11 is 0. The third-order valence-electron chi connectivity index (χ3n) is 4.37. The minimum absolute atomic E-state index is 0.153. The maximum atomic E-state index is 12.6. The number of hydrogen-bond acceptors (Lipinski definition) is 5. The van der Waals surface area contributed by atoms with E-state index in [1.54, 1.807) is 44.6 Å². The van der Waals surface area contributed by atoms with Gasteiger partial charge in [-0.05, 0) is 48.9 Å². The predicted molar refractivity (Wildman–Crippen MR) is 114 cm³/mol. The zero-order valence-electron chi connectivity index (χ0n) is 17.0. The minimum Gasteiger partial charge on any atom is -0.493 e. The third kappa shape index (κ3) is 5.51. The van der Waals surface area contributed by atoms with Crippen LogP contribution in [-0.4, -0.2) is 41.3 Å². The van der Waals surface area contributed by atoms with E-state index in [4.69, 9.17) is 9.47 Å². The molecule has 2 rings (SSSR count). The summed E-state index contributed by atoms with van der Waals surface area (Å²) in [6.07, 6.45) is 2.63. The number of sulfonamides is 1. The topological polar surface area (TPSA) is 84.9 Å². The van der Waals surface area contributed by atoms with E-state index in [1.807, 2.05) is 19.1 Å². The van der Waals surface area contributed by atoms with Crippen LogP contribution in [0.5, 0.6) is 11.5 Å². The van der Waals surface area contributed by atoms with Crippen LogP contribution in [0, 0.1) is 0 Å². The minimum atomic E-state index is -3.44. The molecule has 2 aromatic rings.